The lowest BCUT2D eigenvalue weighted by Gasteiger charge is -2.13. The Labute approximate surface area is 183 Å². The van der Waals surface area contributed by atoms with E-state index in [4.69, 9.17) is 0 Å². The van der Waals surface area contributed by atoms with Crippen LogP contribution in [0.3, 0.4) is 0 Å². The molecule has 32 heavy (non-hydrogen) atoms. The maximum Gasteiger partial charge on any atom is 0.416 e. The minimum absolute atomic E-state index is 0.0676. The second-order valence-corrected chi connectivity index (χ2v) is 7.52. The van der Waals surface area contributed by atoms with Gasteiger partial charge in [-0.15, -0.1) is 11.3 Å². The van der Waals surface area contributed by atoms with Crippen molar-refractivity contribution in [2.24, 2.45) is 0 Å². The van der Waals surface area contributed by atoms with Gasteiger partial charge in [-0.3, -0.25) is 19.9 Å². The average molecular weight is 457 g/mol. The molecule has 7 nitrogen and oxygen atoms in total. The normalized spacial score (nSPS) is 11.4. The summed E-state index contributed by atoms with van der Waals surface area (Å²) in [6.07, 6.45) is -2.93. The monoisotopic (exact) mass is 457 g/mol. The largest absolute Gasteiger partial charge is 0.416 e. The molecular formula is C21H14F3N5O2S. The van der Waals surface area contributed by atoms with Gasteiger partial charge < -0.3 is 0 Å². The van der Waals surface area contributed by atoms with Crippen LogP contribution in [0.25, 0.3) is 17.1 Å². The molecule has 1 aromatic carbocycles. The second-order valence-electron chi connectivity index (χ2n) is 6.67. The Hall–Kier alpha value is -3.86. The van der Waals surface area contributed by atoms with E-state index in [1.54, 1.807) is 29.8 Å². The first-order chi connectivity index (χ1) is 15.2. The van der Waals surface area contributed by atoms with Gasteiger partial charge in [0.25, 0.3) is 5.91 Å². The fourth-order valence-electron chi connectivity index (χ4n) is 2.90. The number of pyridine rings is 1. The average Bonchev–Trinajstić information content (AvgIpc) is 3.22. The van der Waals surface area contributed by atoms with Crippen molar-refractivity contribution in [1.29, 1.82) is 0 Å². The van der Waals surface area contributed by atoms with Gasteiger partial charge in [0.1, 0.15) is 5.69 Å². The van der Waals surface area contributed by atoms with E-state index in [2.05, 4.69) is 20.4 Å². The SMILES string of the molecule is Cc1cc(=O)c(C(=O)Nc2nc(-c3ccccn3)cs2)nn1-c1cccc(C(F)(F)F)c1. The number of carbonyl (C=O) groups is 1. The summed E-state index contributed by atoms with van der Waals surface area (Å²) in [7, 11) is 0. The molecule has 4 rings (SSSR count). The van der Waals surface area contributed by atoms with Crippen LogP contribution in [0.1, 0.15) is 21.7 Å². The predicted octanol–water partition coefficient (Wildman–Crippen LogP) is 4.33. The number of halogens is 3. The van der Waals surface area contributed by atoms with Gasteiger partial charge in [-0.2, -0.15) is 18.3 Å². The molecule has 0 saturated heterocycles. The fourth-order valence-corrected chi connectivity index (χ4v) is 3.60. The van der Waals surface area contributed by atoms with Gasteiger partial charge in [0.15, 0.2) is 10.8 Å². The van der Waals surface area contributed by atoms with Crippen LogP contribution in [0.5, 0.6) is 0 Å². The third-order valence-corrected chi connectivity index (χ3v) is 5.15. The standard InChI is InChI=1S/C21H14F3N5O2S/c1-12-9-17(30)18(28-29(12)14-6-4-5-13(10-14)21(22,23)24)19(31)27-20-26-16(11-32-20)15-7-2-3-8-25-15/h2-11H,1H3,(H,26,27,31). The molecule has 4 aromatic rings. The number of thiazole rings is 1. The summed E-state index contributed by atoms with van der Waals surface area (Å²) in [6, 6.07) is 10.9. The van der Waals surface area contributed by atoms with E-state index in [0.29, 0.717) is 11.4 Å². The summed E-state index contributed by atoms with van der Waals surface area (Å²) in [5.74, 6) is -0.822. The molecule has 1 N–H and O–H groups in total. The van der Waals surface area contributed by atoms with Crippen LogP contribution in [0, 0.1) is 6.92 Å². The number of carbonyl (C=O) groups excluding carboxylic acids is 1. The molecule has 0 aliphatic heterocycles. The smallest absolute Gasteiger partial charge is 0.296 e. The predicted molar refractivity (Wildman–Crippen MR) is 113 cm³/mol. The van der Waals surface area contributed by atoms with Crippen LogP contribution in [-0.2, 0) is 6.18 Å². The molecule has 0 atom stereocenters. The van der Waals surface area contributed by atoms with Crippen LogP contribution in [0.15, 0.2) is 64.9 Å². The summed E-state index contributed by atoms with van der Waals surface area (Å²) in [4.78, 5) is 33.5. The van der Waals surface area contributed by atoms with Crippen molar-refractivity contribution < 1.29 is 18.0 Å². The summed E-state index contributed by atoms with van der Waals surface area (Å²) >= 11 is 1.14. The highest BCUT2D eigenvalue weighted by atomic mass is 32.1. The van der Waals surface area contributed by atoms with Crippen LogP contribution >= 0.6 is 11.3 Å². The van der Waals surface area contributed by atoms with Crippen molar-refractivity contribution in [3.63, 3.8) is 0 Å². The Kier molecular flexibility index (Phi) is 5.57. The number of alkyl halides is 3. The number of aromatic nitrogens is 4. The molecule has 11 heteroatoms. The third kappa shape index (κ3) is 4.42. The van der Waals surface area contributed by atoms with Crippen LogP contribution in [0.2, 0.25) is 0 Å². The van der Waals surface area contributed by atoms with Gasteiger partial charge in [0, 0.05) is 23.3 Å². The lowest BCUT2D eigenvalue weighted by atomic mass is 10.2. The number of nitrogens with one attached hydrogen (secondary N) is 1. The van der Waals surface area contributed by atoms with Gasteiger partial charge in [-0.05, 0) is 37.3 Å². The maximum absolute atomic E-state index is 13.1. The van der Waals surface area contributed by atoms with Crippen molar-refractivity contribution >= 4 is 22.4 Å². The molecule has 0 radical (unpaired) electrons. The lowest BCUT2D eigenvalue weighted by molar-refractivity contribution is -0.137. The molecule has 0 saturated carbocycles. The summed E-state index contributed by atoms with van der Waals surface area (Å²) < 4.78 is 40.3. The van der Waals surface area contributed by atoms with Crippen molar-refractivity contribution in [2.75, 3.05) is 5.32 Å². The molecule has 0 bridgehead atoms. The molecular weight excluding hydrogens is 443 g/mol. The van der Waals surface area contributed by atoms with Crippen LogP contribution in [0.4, 0.5) is 18.3 Å². The van der Waals surface area contributed by atoms with Crippen molar-refractivity contribution in [2.45, 2.75) is 13.1 Å². The number of hydrogen-bond donors (Lipinski definition) is 1. The minimum Gasteiger partial charge on any atom is -0.296 e. The maximum atomic E-state index is 13.1. The molecule has 0 fully saturated rings. The molecule has 0 unspecified atom stereocenters. The number of amides is 1. The van der Waals surface area contributed by atoms with Crippen molar-refractivity contribution in [3.8, 4) is 17.1 Å². The Bertz CT molecular complexity index is 1350. The van der Waals surface area contributed by atoms with E-state index in [1.165, 1.54) is 19.1 Å². The number of nitrogens with zero attached hydrogens (tertiary/aromatic N) is 4. The molecule has 0 aliphatic rings. The summed E-state index contributed by atoms with van der Waals surface area (Å²) in [5.41, 5.74) is -0.498. The number of rotatable bonds is 4. The van der Waals surface area contributed by atoms with E-state index in [-0.39, 0.29) is 16.5 Å². The van der Waals surface area contributed by atoms with Crippen molar-refractivity contribution in [3.05, 3.63) is 87.3 Å². The Morgan fingerprint density at radius 1 is 1.09 bits per heavy atom. The zero-order valence-electron chi connectivity index (χ0n) is 16.4. The zero-order chi connectivity index (χ0) is 22.9. The molecule has 162 valence electrons. The van der Waals surface area contributed by atoms with Gasteiger partial charge in [-0.25, -0.2) is 9.67 Å². The summed E-state index contributed by atoms with van der Waals surface area (Å²) in [5, 5.41) is 8.44. The molecule has 3 aromatic heterocycles. The highest BCUT2D eigenvalue weighted by Crippen LogP contribution is 2.30. The first kappa shape index (κ1) is 21.4. The van der Waals surface area contributed by atoms with Gasteiger partial charge >= 0.3 is 6.18 Å². The first-order valence-corrected chi connectivity index (χ1v) is 10.1. The fraction of sp³-hybridized carbons (Fsp3) is 0.0952. The number of anilines is 1. The molecule has 3 heterocycles. The lowest BCUT2D eigenvalue weighted by Crippen LogP contribution is -2.27. The highest BCUT2D eigenvalue weighted by Gasteiger charge is 2.30. The number of aryl methyl sites for hydroxylation is 1. The second kappa shape index (κ2) is 8.35. The Balaban J connectivity index is 1.64. The van der Waals surface area contributed by atoms with Gasteiger partial charge in [0.05, 0.1) is 16.9 Å². The van der Waals surface area contributed by atoms with Crippen molar-refractivity contribution in [1.82, 2.24) is 19.7 Å². The molecule has 0 aliphatic carbocycles. The minimum atomic E-state index is -4.54. The van der Waals surface area contributed by atoms with Gasteiger partial charge in [0.2, 0.25) is 5.43 Å². The van der Waals surface area contributed by atoms with E-state index >= 15 is 0 Å². The Morgan fingerprint density at radius 2 is 1.91 bits per heavy atom. The van der Waals surface area contributed by atoms with E-state index in [0.717, 1.165) is 34.2 Å². The molecule has 0 spiro atoms. The highest BCUT2D eigenvalue weighted by molar-refractivity contribution is 7.14. The van der Waals surface area contributed by atoms with Gasteiger partial charge in [-0.1, -0.05) is 12.1 Å². The Morgan fingerprint density at radius 3 is 2.62 bits per heavy atom. The summed E-state index contributed by atoms with van der Waals surface area (Å²) in [6.45, 7) is 1.51. The topological polar surface area (TPSA) is 89.8 Å². The molecule has 1 amide bonds. The van der Waals surface area contributed by atoms with E-state index in [1.807, 2.05) is 0 Å². The van der Waals surface area contributed by atoms with E-state index < -0.39 is 28.8 Å². The van der Waals surface area contributed by atoms with Crippen LogP contribution < -0.4 is 10.7 Å². The quantitative estimate of drug-likeness (QED) is 0.493. The van der Waals surface area contributed by atoms with E-state index in [9.17, 15) is 22.8 Å². The zero-order valence-corrected chi connectivity index (χ0v) is 17.2. The van der Waals surface area contributed by atoms with Crippen LogP contribution in [-0.4, -0.2) is 25.7 Å². The number of hydrogen-bond acceptors (Lipinski definition) is 6. The third-order valence-electron chi connectivity index (χ3n) is 4.39. The number of benzene rings is 1. The first-order valence-electron chi connectivity index (χ1n) is 9.19.